The minimum Gasteiger partial charge on any atom is -0.342 e. The molecule has 1 unspecified atom stereocenters. The number of hydroxylamine groups is 2. The molecule has 5 nitrogen and oxygen atoms in total. The number of alkyl halides is 6. The summed E-state index contributed by atoms with van der Waals surface area (Å²) >= 11 is 0. The van der Waals surface area contributed by atoms with E-state index in [1.54, 1.807) is 0 Å². The standard InChI is InChI=1S/C14H11F6NO4/c1-7(22)4-5-25-12(14(18,19)20)10-6-8(13(15,16)17)2-3-9(10)11(23)21(12)24/h2-3,6,24H,4-5H2,1H3. The Hall–Kier alpha value is -2.14. The number of Topliss-reactive ketones (excluding diaryl/α,β-unsaturated/α-hetero) is 1. The molecule has 0 saturated heterocycles. The van der Waals surface area contributed by atoms with E-state index in [4.69, 9.17) is 0 Å². The van der Waals surface area contributed by atoms with Crippen LogP contribution in [0.1, 0.15) is 34.8 Å². The molecule has 0 fully saturated rings. The van der Waals surface area contributed by atoms with Gasteiger partial charge in [-0.3, -0.25) is 14.8 Å². The minimum absolute atomic E-state index is 0.102. The Labute approximate surface area is 136 Å². The van der Waals surface area contributed by atoms with Crippen LogP contribution in [-0.4, -0.2) is 34.7 Å². The molecule has 1 N–H and O–H groups in total. The number of halogens is 6. The van der Waals surface area contributed by atoms with Gasteiger partial charge in [0.1, 0.15) is 5.78 Å². The first kappa shape index (κ1) is 19.2. The number of nitrogens with zero attached hydrogens (tertiary/aromatic N) is 1. The van der Waals surface area contributed by atoms with Gasteiger partial charge in [-0.15, -0.1) is 0 Å². The van der Waals surface area contributed by atoms with Gasteiger partial charge in [0.15, 0.2) is 0 Å². The fourth-order valence-electron chi connectivity index (χ4n) is 2.39. The predicted molar refractivity (Wildman–Crippen MR) is 68.4 cm³/mol. The minimum atomic E-state index is -5.47. The van der Waals surface area contributed by atoms with E-state index >= 15 is 0 Å². The van der Waals surface area contributed by atoms with E-state index in [1.807, 2.05) is 0 Å². The summed E-state index contributed by atoms with van der Waals surface area (Å²) in [6.07, 6.45) is -10.9. The number of carbonyl (C=O) groups excluding carboxylic acids is 2. The largest absolute Gasteiger partial charge is 0.443 e. The molecule has 25 heavy (non-hydrogen) atoms. The molecule has 1 amide bonds. The molecule has 1 aliphatic rings. The summed E-state index contributed by atoms with van der Waals surface area (Å²) in [6.45, 7) is 0.199. The second-order valence-corrected chi connectivity index (χ2v) is 5.32. The van der Waals surface area contributed by atoms with E-state index in [0.717, 1.165) is 6.92 Å². The van der Waals surface area contributed by atoms with Gasteiger partial charge in [0, 0.05) is 12.0 Å². The van der Waals surface area contributed by atoms with E-state index in [1.165, 1.54) is 0 Å². The molecule has 1 heterocycles. The third-order valence-electron chi connectivity index (χ3n) is 3.58. The maximum atomic E-state index is 13.6. The highest BCUT2D eigenvalue weighted by Gasteiger charge is 2.68. The van der Waals surface area contributed by atoms with Crippen LogP contribution in [-0.2, 0) is 21.4 Å². The van der Waals surface area contributed by atoms with Crippen molar-refractivity contribution in [3.63, 3.8) is 0 Å². The zero-order chi connectivity index (χ0) is 19.2. The number of ether oxygens (including phenoxy) is 1. The second-order valence-electron chi connectivity index (χ2n) is 5.32. The number of benzene rings is 1. The average molecular weight is 371 g/mol. The van der Waals surface area contributed by atoms with Gasteiger partial charge in [-0.25, -0.2) is 0 Å². The van der Waals surface area contributed by atoms with E-state index in [9.17, 15) is 41.1 Å². The highest BCUT2D eigenvalue weighted by atomic mass is 19.4. The summed E-state index contributed by atoms with van der Waals surface area (Å²) in [5.41, 5.74) is -7.24. The summed E-state index contributed by atoms with van der Waals surface area (Å²) < 4.78 is 83.9. The van der Waals surface area contributed by atoms with Crippen molar-refractivity contribution in [1.82, 2.24) is 5.06 Å². The van der Waals surface area contributed by atoms with Crippen molar-refractivity contribution in [3.8, 4) is 0 Å². The van der Waals surface area contributed by atoms with Crippen molar-refractivity contribution in [1.29, 1.82) is 0 Å². The van der Waals surface area contributed by atoms with Gasteiger partial charge in [0.2, 0.25) is 0 Å². The van der Waals surface area contributed by atoms with E-state index in [2.05, 4.69) is 4.74 Å². The quantitative estimate of drug-likeness (QED) is 0.652. The smallest absolute Gasteiger partial charge is 0.342 e. The molecular formula is C14H11F6NO4. The molecule has 0 spiro atoms. The summed E-state index contributed by atoms with van der Waals surface area (Å²) in [7, 11) is 0. The number of hydrogen-bond donors (Lipinski definition) is 1. The lowest BCUT2D eigenvalue weighted by atomic mass is 9.97. The number of carbonyl (C=O) groups is 2. The van der Waals surface area contributed by atoms with Crippen molar-refractivity contribution < 1.29 is 45.9 Å². The lowest BCUT2D eigenvalue weighted by Gasteiger charge is -2.36. The predicted octanol–water partition coefficient (Wildman–Crippen LogP) is 3.26. The van der Waals surface area contributed by atoms with Gasteiger partial charge in [0.25, 0.3) is 11.6 Å². The van der Waals surface area contributed by atoms with Crippen molar-refractivity contribution in [3.05, 3.63) is 34.9 Å². The molecule has 1 aliphatic heterocycles. The van der Waals surface area contributed by atoms with E-state index in [-0.39, 0.29) is 6.07 Å². The van der Waals surface area contributed by atoms with Gasteiger partial charge in [-0.2, -0.15) is 31.4 Å². The van der Waals surface area contributed by atoms with Crippen molar-refractivity contribution >= 4 is 11.7 Å². The van der Waals surface area contributed by atoms with E-state index in [0.29, 0.717) is 12.1 Å². The maximum Gasteiger partial charge on any atom is 0.443 e. The summed E-state index contributed by atoms with van der Waals surface area (Å²) in [5, 5.41) is 8.90. The normalized spacial score (nSPS) is 20.8. The molecule has 11 heteroatoms. The first-order chi connectivity index (χ1) is 11.3. The molecule has 1 atom stereocenters. The second kappa shape index (κ2) is 5.99. The fourth-order valence-corrected chi connectivity index (χ4v) is 2.39. The Morgan fingerprint density at radius 3 is 2.32 bits per heavy atom. The molecule has 2 rings (SSSR count). The van der Waals surface area contributed by atoms with Crippen LogP contribution in [0.15, 0.2) is 18.2 Å². The van der Waals surface area contributed by atoms with Gasteiger partial charge in [-0.1, -0.05) is 0 Å². The third kappa shape index (κ3) is 3.09. The molecule has 1 aromatic rings. The fraction of sp³-hybridized carbons (Fsp3) is 0.429. The molecule has 0 radical (unpaired) electrons. The molecular weight excluding hydrogens is 360 g/mol. The summed E-state index contributed by atoms with van der Waals surface area (Å²) in [5.74, 6) is -2.11. The van der Waals surface area contributed by atoms with Crippen LogP contribution in [0.25, 0.3) is 0 Å². The Balaban J connectivity index is 2.64. The van der Waals surface area contributed by atoms with E-state index < -0.39 is 64.5 Å². The van der Waals surface area contributed by atoms with Crippen molar-refractivity contribution in [2.75, 3.05) is 6.61 Å². The van der Waals surface area contributed by atoms with Gasteiger partial charge in [0.05, 0.1) is 17.7 Å². The maximum absolute atomic E-state index is 13.6. The Morgan fingerprint density at radius 2 is 1.84 bits per heavy atom. The SMILES string of the molecule is CC(=O)CCOC1(C(F)(F)F)c2cc(C(F)(F)F)ccc2C(=O)N1O. The molecule has 0 aromatic heterocycles. The first-order valence-electron chi connectivity index (χ1n) is 6.77. The first-order valence-corrected chi connectivity index (χ1v) is 6.77. The molecule has 0 aliphatic carbocycles. The molecule has 0 saturated carbocycles. The van der Waals surface area contributed by atoms with Crippen molar-refractivity contribution in [2.45, 2.75) is 31.4 Å². The Morgan fingerprint density at radius 1 is 1.24 bits per heavy atom. The Bertz CT molecular complexity index is 714. The zero-order valence-electron chi connectivity index (χ0n) is 12.5. The molecule has 1 aromatic carbocycles. The van der Waals surface area contributed by atoms with Crippen LogP contribution in [0, 0.1) is 0 Å². The highest BCUT2D eigenvalue weighted by molar-refractivity contribution is 5.99. The monoisotopic (exact) mass is 371 g/mol. The average Bonchev–Trinajstić information content (AvgIpc) is 2.68. The van der Waals surface area contributed by atoms with Crippen LogP contribution in [0.5, 0.6) is 0 Å². The molecule has 0 bridgehead atoms. The van der Waals surface area contributed by atoms with Crippen LogP contribution in [0.4, 0.5) is 26.3 Å². The number of rotatable bonds is 4. The number of ketones is 1. The number of fused-ring (bicyclic) bond motifs is 1. The summed E-state index contributed by atoms with van der Waals surface area (Å²) in [6, 6.07) is 1.06. The topological polar surface area (TPSA) is 66.8 Å². The lowest BCUT2D eigenvalue weighted by Crippen LogP contribution is -2.55. The Kier molecular flexibility index (Phi) is 4.60. The van der Waals surface area contributed by atoms with Crippen LogP contribution in [0.2, 0.25) is 0 Å². The lowest BCUT2D eigenvalue weighted by molar-refractivity contribution is -0.377. The highest BCUT2D eigenvalue weighted by Crippen LogP contribution is 2.51. The van der Waals surface area contributed by atoms with Gasteiger partial charge in [-0.05, 0) is 25.1 Å². The van der Waals surface area contributed by atoms with Gasteiger partial charge < -0.3 is 4.74 Å². The van der Waals surface area contributed by atoms with Crippen LogP contribution < -0.4 is 0 Å². The van der Waals surface area contributed by atoms with Crippen LogP contribution >= 0.6 is 0 Å². The molecule has 138 valence electrons. The van der Waals surface area contributed by atoms with Crippen LogP contribution in [0.3, 0.4) is 0 Å². The third-order valence-corrected chi connectivity index (χ3v) is 3.58. The zero-order valence-corrected chi connectivity index (χ0v) is 12.5. The number of amides is 1. The summed E-state index contributed by atoms with van der Waals surface area (Å²) in [4.78, 5) is 22.8. The van der Waals surface area contributed by atoms with Crippen molar-refractivity contribution in [2.24, 2.45) is 0 Å². The number of hydrogen-bond acceptors (Lipinski definition) is 4. The van der Waals surface area contributed by atoms with Gasteiger partial charge >= 0.3 is 12.4 Å².